The van der Waals surface area contributed by atoms with Crippen LogP contribution in [-0.2, 0) is 10.2 Å². The van der Waals surface area contributed by atoms with Gasteiger partial charge in [0.25, 0.3) is 0 Å². The van der Waals surface area contributed by atoms with Gasteiger partial charge in [-0.05, 0) is 79.8 Å². The summed E-state index contributed by atoms with van der Waals surface area (Å²) < 4.78 is 0. The predicted molar refractivity (Wildman–Crippen MR) is 129 cm³/mol. The van der Waals surface area contributed by atoms with Crippen LogP contribution < -0.4 is 10.6 Å². The minimum atomic E-state index is -0.559. The number of hydrogen-bond donors (Lipinski definition) is 2. The topological polar surface area (TPSA) is 41.1 Å². The van der Waals surface area contributed by atoms with Gasteiger partial charge in [-0.15, -0.1) is 0 Å². The fourth-order valence-corrected chi connectivity index (χ4v) is 5.03. The molecule has 0 unspecified atom stereocenters. The highest BCUT2D eigenvalue weighted by atomic mass is 35.5. The van der Waals surface area contributed by atoms with Gasteiger partial charge in [0, 0.05) is 15.7 Å². The number of carbonyl (C=O) groups excluding carboxylic acids is 1. The SMILES string of the molecule is Cc1cccc([C@H]2NCCC[C@]23C(=O)Nc2cc(Cl)ccc23)c1C.Clc1ccccc1. The zero-order valence-electron chi connectivity index (χ0n) is 17.7. The Morgan fingerprint density at radius 3 is 2.42 bits per heavy atom. The van der Waals surface area contributed by atoms with Crippen molar-refractivity contribution in [2.45, 2.75) is 38.1 Å². The van der Waals surface area contributed by atoms with Gasteiger partial charge >= 0.3 is 0 Å². The molecule has 0 aliphatic carbocycles. The molecule has 2 atom stereocenters. The summed E-state index contributed by atoms with van der Waals surface area (Å²) in [5.74, 6) is 0.0814. The molecule has 2 aliphatic heterocycles. The van der Waals surface area contributed by atoms with E-state index in [0.29, 0.717) is 5.02 Å². The summed E-state index contributed by atoms with van der Waals surface area (Å²) in [5, 5.41) is 8.14. The van der Waals surface area contributed by atoms with Crippen molar-refractivity contribution in [2.75, 3.05) is 11.9 Å². The van der Waals surface area contributed by atoms with Crippen molar-refractivity contribution in [3.8, 4) is 0 Å². The number of halogens is 2. The summed E-state index contributed by atoms with van der Waals surface area (Å²) in [6.07, 6.45) is 1.83. The highest BCUT2D eigenvalue weighted by molar-refractivity contribution is 6.31. The molecule has 0 bridgehead atoms. The third kappa shape index (κ3) is 4.10. The summed E-state index contributed by atoms with van der Waals surface area (Å²) in [6, 6.07) is 21.5. The molecule has 0 radical (unpaired) electrons. The van der Waals surface area contributed by atoms with Crippen molar-refractivity contribution < 1.29 is 4.79 Å². The van der Waals surface area contributed by atoms with Gasteiger partial charge in [-0.1, -0.05) is 65.7 Å². The minimum Gasteiger partial charge on any atom is -0.325 e. The largest absolute Gasteiger partial charge is 0.325 e. The highest BCUT2D eigenvalue weighted by Crippen LogP contribution is 2.51. The zero-order chi connectivity index (χ0) is 22.0. The lowest BCUT2D eigenvalue weighted by Crippen LogP contribution is -2.50. The maximum Gasteiger partial charge on any atom is 0.237 e. The number of benzene rings is 3. The van der Waals surface area contributed by atoms with Gasteiger partial charge in [0.2, 0.25) is 5.91 Å². The molecule has 31 heavy (non-hydrogen) atoms. The number of piperidine rings is 1. The number of nitrogens with one attached hydrogen (secondary N) is 2. The Balaban J connectivity index is 0.000000282. The molecule has 2 aliphatic rings. The van der Waals surface area contributed by atoms with Crippen molar-refractivity contribution in [1.29, 1.82) is 0 Å². The van der Waals surface area contributed by atoms with Crippen molar-refractivity contribution in [2.24, 2.45) is 0 Å². The third-order valence-electron chi connectivity index (χ3n) is 6.40. The molecule has 2 heterocycles. The smallest absolute Gasteiger partial charge is 0.237 e. The van der Waals surface area contributed by atoms with Crippen LogP contribution in [0.15, 0.2) is 66.7 Å². The average Bonchev–Trinajstić information content (AvgIpc) is 3.02. The number of hydrogen-bond acceptors (Lipinski definition) is 2. The Morgan fingerprint density at radius 2 is 1.71 bits per heavy atom. The van der Waals surface area contributed by atoms with Crippen LogP contribution in [0.25, 0.3) is 0 Å². The molecule has 5 heteroatoms. The molecule has 1 amide bonds. The third-order valence-corrected chi connectivity index (χ3v) is 6.88. The van der Waals surface area contributed by atoms with Crippen molar-refractivity contribution in [1.82, 2.24) is 5.32 Å². The Labute approximate surface area is 193 Å². The summed E-state index contributed by atoms with van der Waals surface area (Å²) in [7, 11) is 0. The van der Waals surface area contributed by atoms with Crippen LogP contribution in [0.3, 0.4) is 0 Å². The molecule has 3 aromatic carbocycles. The minimum absolute atomic E-state index is 0.0198. The van der Waals surface area contributed by atoms with E-state index in [4.69, 9.17) is 23.2 Å². The van der Waals surface area contributed by atoms with E-state index < -0.39 is 5.41 Å². The lowest BCUT2D eigenvalue weighted by atomic mass is 9.67. The number of anilines is 1. The quantitative estimate of drug-likeness (QED) is 0.435. The van der Waals surface area contributed by atoms with Gasteiger partial charge in [-0.2, -0.15) is 0 Å². The lowest BCUT2D eigenvalue weighted by Gasteiger charge is -2.41. The second-order valence-corrected chi connectivity index (χ2v) is 9.06. The monoisotopic (exact) mass is 452 g/mol. The zero-order valence-corrected chi connectivity index (χ0v) is 19.2. The molecule has 5 rings (SSSR count). The summed E-state index contributed by atoms with van der Waals surface area (Å²) in [6.45, 7) is 5.19. The van der Waals surface area contributed by atoms with Gasteiger partial charge in [0.05, 0.1) is 11.5 Å². The normalized spacial score (nSPS) is 21.8. The highest BCUT2D eigenvalue weighted by Gasteiger charge is 2.54. The first-order valence-electron chi connectivity index (χ1n) is 10.5. The van der Waals surface area contributed by atoms with Gasteiger partial charge in [0.15, 0.2) is 0 Å². The first-order chi connectivity index (χ1) is 14.9. The molecule has 1 spiro atoms. The molecule has 0 saturated carbocycles. The Morgan fingerprint density at radius 1 is 0.935 bits per heavy atom. The van der Waals surface area contributed by atoms with E-state index in [2.05, 4.69) is 42.7 Å². The maximum absolute atomic E-state index is 13.1. The number of fused-ring (bicyclic) bond motifs is 2. The second kappa shape index (κ2) is 9.04. The van der Waals surface area contributed by atoms with E-state index in [1.807, 2.05) is 48.5 Å². The molecule has 0 aromatic heterocycles. The standard InChI is InChI=1S/C20H21ClN2O.C6H5Cl/c1-12-5-3-6-15(13(12)2)18-20(9-4-10-22-18)16-8-7-14(21)11-17(16)23-19(20)24;7-6-4-2-1-3-5-6/h3,5-8,11,18,22H,4,9-10H2,1-2H3,(H,23,24);1-5H/t18-,20-;/m1./s1. The van der Waals surface area contributed by atoms with Crippen LogP contribution in [0.1, 0.15) is 41.1 Å². The lowest BCUT2D eigenvalue weighted by molar-refractivity contribution is -0.123. The molecule has 2 N–H and O–H groups in total. The number of amides is 1. The van der Waals surface area contributed by atoms with Crippen LogP contribution in [0.4, 0.5) is 5.69 Å². The van der Waals surface area contributed by atoms with Gasteiger partial charge in [-0.25, -0.2) is 0 Å². The summed E-state index contributed by atoms with van der Waals surface area (Å²) in [5.41, 5.74) is 5.09. The Hall–Kier alpha value is -2.33. The van der Waals surface area contributed by atoms with E-state index >= 15 is 0 Å². The summed E-state index contributed by atoms with van der Waals surface area (Å²) in [4.78, 5) is 13.1. The van der Waals surface area contributed by atoms with Crippen molar-refractivity contribution >= 4 is 34.8 Å². The molecule has 3 nitrogen and oxygen atoms in total. The van der Waals surface area contributed by atoms with Crippen LogP contribution in [0.5, 0.6) is 0 Å². The fourth-order valence-electron chi connectivity index (χ4n) is 4.71. The Kier molecular flexibility index (Phi) is 6.38. The van der Waals surface area contributed by atoms with Crippen LogP contribution >= 0.6 is 23.2 Å². The van der Waals surface area contributed by atoms with Crippen molar-refractivity contribution in [3.63, 3.8) is 0 Å². The first-order valence-corrected chi connectivity index (χ1v) is 11.3. The van der Waals surface area contributed by atoms with E-state index in [1.54, 1.807) is 0 Å². The van der Waals surface area contributed by atoms with Crippen LogP contribution in [-0.4, -0.2) is 12.5 Å². The van der Waals surface area contributed by atoms with Gasteiger partial charge in [-0.3, -0.25) is 4.79 Å². The molecular formula is C26H26Cl2N2O. The molecule has 1 fully saturated rings. The van der Waals surface area contributed by atoms with E-state index in [-0.39, 0.29) is 11.9 Å². The average molecular weight is 453 g/mol. The number of rotatable bonds is 1. The second-order valence-electron chi connectivity index (χ2n) is 8.19. The molecule has 160 valence electrons. The van der Waals surface area contributed by atoms with Crippen molar-refractivity contribution in [3.05, 3.63) is 99.0 Å². The van der Waals surface area contributed by atoms with Crippen LogP contribution in [0.2, 0.25) is 10.0 Å². The summed E-state index contributed by atoms with van der Waals surface area (Å²) >= 11 is 11.7. The molecule has 1 saturated heterocycles. The maximum atomic E-state index is 13.1. The first kappa shape index (κ1) is 21.9. The number of carbonyl (C=O) groups is 1. The van der Waals surface area contributed by atoms with E-state index in [1.165, 1.54) is 16.7 Å². The predicted octanol–water partition coefficient (Wildman–Crippen LogP) is 6.61. The fraction of sp³-hybridized carbons (Fsp3) is 0.269. The number of aryl methyl sites for hydroxylation is 1. The Bertz CT molecular complexity index is 1100. The van der Waals surface area contributed by atoms with E-state index in [9.17, 15) is 4.79 Å². The molecular weight excluding hydrogens is 427 g/mol. The van der Waals surface area contributed by atoms with Crippen LogP contribution in [0, 0.1) is 13.8 Å². The molecule has 3 aromatic rings. The van der Waals surface area contributed by atoms with Gasteiger partial charge < -0.3 is 10.6 Å². The van der Waals surface area contributed by atoms with E-state index in [0.717, 1.165) is 35.7 Å². The van der Waals surface area contributed by atoms with Gasteiger partial charge in [0.1, 0.15) is 0 Å².